The maximum Gasteiger partial charge on any atom is 0.307 e. The number of nitrogens with one attached hydrogen (secondary N) is 1. The molecule has 2 fully saturated rings. The van der Waals surface area contributed by atoms with Crippen LogP contribution in [0, 0.1) is 11.8 Å². The van der Waals surface area contributed by atoms with Gasteiger partial charge in [0.15, 0.2) is 0 Å². The van der Waals surface area contributed by atoms with Gasteiger partial charge >= 0.3 is 5.97 Å². The highest BCUT2D eigenvalue weighted by molar-refractivity contribution is 5.85. The first-order chi connectivity index (χ1) is 9.29. The van der Waals surface area contributed by atoms with E-state index in [1.54, 1.807) is 0 Å². The average molecular weight is 341 g/mol. The van der Waals surface area contributed by atoms with E-state index >= 15 is 0 Å². The van der Waals surface area contributed by atoms with Gasteiger partial charge < -0.3 is 15.0 Å². The minimum Gasteiger partial charge on any atom is -0.466 e. The van der Waals surface area contributed by atoms with Crippen LogP contribution in [0.3, 0.4) is 0 Å². The largest absolute Gasteiger partial charge is 0.466 e. The molecular formula is C15H30Cl2N2O2. The Morgan fingerprint density at radius 1 is 1.19 bits per heavy atom. The van der Waals surface area contributed by atoms with Crippen LogP contribution >= 0.6 is 24.8 Å². The molecule has 0 aromatic carbocycles. The molecular weight excluding hydrogens is 311 g/mol. The number of piperidine rings is 2. The summed E-state index contributed by atoms with van der Waals surface area (Å²) < 4.78 is 5.00. The lowest BCUT2D eigenvalue weighted by molar-refractivity contribution is -0.143. The van der Waals surface area contributed by atoms with Crippen LogP contribution in [0.25, 0.3) is 0 Å². The number of esters is 1. The Hall–Kier alpha value is -0.0300. The van der Waals surface area contributed by atoms with Crippen LogP contribution in [-0.4, -0.2) is 50.2 Å². The molecule has 1 N–H and O–H groups in total. The lowest BCUT2D eigenvalue weighted by Gasteiger charge is -2.38. The average Bonchev–Trinajstić information content (AvgIpc) is 2.47. The van der Waals surface area contributed by atoms with Crippen LogP contribution in [0.1, 0.15) is 39.0 Å². The van der Waals surface area contributed by atoms with Gasteiger partial charge in [-0.2, -0.15) is 0 Å². The molecule has 1 atom stereocenters. The van der Waals surface area contributed by atoms with Crippen molar-refractivity contribution < 1.29 is 9.53 Å². The maximum absolute atomic E-state index is 11.4. The number of halogens is 2. The summed E-state index contributed by atoms with van der Waals surface area (Å²) in [5.74, 6) is 1.69. The minimum atomic E-state index is -0.0495. The molecule has 0 saturated carbocycles. The molecule has 2 aliphatic heterocycles. The van der Waals surface area contributed by atoms with E-state index in [1.165, 1.54) is 45.3 Å². The van der Waals surface area contributed by atoms with Crippen LogP contribution in [0.2, 0.25) is 0 Å². The summed E-state index contributed by atoms with van der Waals surface area (Å²) in [6.45, 7) is 7.95. The number of hydrogen-bond donors (Lipinski definition) is 1. The monoisotopic (exact) mass is 340 g/mol. The van der Waals surface area contributed by atoms with Gasteiger partial charge in [-0.05, 0) is 64.1 Å². The van der Waals surface area contributed by atoms with Gasteiger partial charge in [0.05, 0.1) is 13.0 Å². The van der Waals surface area contributed by atoms with Crippen molar-refractivity contribution in [2.45, 2.75) is 39.0 Å². The zero-order valence-corrected chi connectivity index (χ0v) is 14.6. The second-order valence-corrected chi connectivity index (χ2v) is 5.85. The van der Waals surface area contributed by atoms with E-state index in [9.17, 15) is 4.79 Å². The summed E-state index contributed by atoms with van der Waals surface area (Å²) in [5, 5.41) is 3.44. The molecule has 2 heterocycles. The molecule has 126 valence electrons. The highest BCUT2D eigenvalue weighted by Crippen LogP contribution is 2.29. The van der Waals surface area contributed by atoms with Crippen LogP contribution in [-0.2, 0) is 9.53 Å². The van der Waals surface area contributed by atoms with Crippen LogP contribution < -0.4 is 5.32 Å². The Bertz CT molecular complexity index is 287. The van der Waals surface area contributed by atoms with Gasteiger partial charge in [0, 0.05) is 13.1 Å². The first kappa shape index (κ1) is 21.0. The summed E-state index contributed by atoms with van der Waals surface area (Å²) >= 11 is 0. The predicted molar refractivity (Wildman–Crippen MR) is 90.5 cm³/mol. The van der Waals surface area contributed by atoms with E-state index in [-0.39, 0.29) is 30.8 Å². The number of rotatable bonds is 5. The third kappa shape index (κ3) is 7.18. The summed E-state index contributed by atoms with van der Waals surface area (Å²) in [6, 6.07) is 0. The second kappa shape index (κ2) is 11.5. The lowest BCUT2D eigenvalue weighted by atomic mass is 9.80. The molecule has 0 bridgehead atoms. The summed E-state index contributed by atoms with van der Waals surface area (Å²) in [7, 11) is 0. The smallest absolute Gasteiger partial charge is 0.307 e. The van der Waals surface area contributed by atoms with Crippen molar-refractivity contribution in [2.75, 3.05) is 39.3 Å². The van der Waals surface area contributed by atoms with Crippen LogP contribution in [0.15, 0.2) is 0 Å². The Labute approximate surface area is 141 Å². The third-order valence-corrected chi connectivity index (χ3v) is 4.53. The zero-order chi connectivity index (χ0) is 13.5. The molecule has 6 heteroatoms. The van der Waals surface area contributed by atoms with E-state index in [1.807, 2.05) is 6.92 Å². The van der Waals surface area contributed by atoms with E-state index in [0.717, 1.165) is 24.9 Å². The van der Waals surface area contributed by atoms with Crippen LogP contribution in [0.4, 0.5) is 0 Å². The molecule has 4 nitrogen and oxygen atoms in total. The molecule has 0 aromatic heterocycles. The summed E-state index contributed by atoms with van der Waals surface area (Å²) in [5.41, 5.74) is 0. The first-order valence-corrected chi connectivity index (χ1v) is 7.88. The number of ether oxygens (including phenoxy) is 1. The van der Waals surface area contributed by atoms with E-state index in [0.29, 0.717) is 13.0 Å². The molecule has 0 aromatic rings. The maximum atomic E-state index is 11.4. The highest BCUT2D eigenvalue weighted by Gasteiger charge is 2.28. The van der Waals surface area contributed by atoms with Gasteiger partial charge in [0.2, 0.25) is 0 Å². The minimum absolute atomic E-state index is 0. The van der Waals surface area contributed by atoms with Crippen molar-refractivity contribution in [2.24, 2.45) is 11.8 Å². The van der Waals surface area contributed by atoms with Crippen molar-refractivity contribution in [3.05, 3.63) is 0 Å². The Morgan fingerprint density at radius 3 is 2.57 bits per heavy atom. The number of likely N-dealkylation sites (tertiary alicyclic amines) is 1. The van der Waals surface area contributed by atoms with Crippen molar-refractivity contribution in [1.29, 1.82) is 0 Å². The molecule has 2 aliphatic rings. The van der Waals surface area contributed by atoms with Gasteiger partial charge in [-0.15, -0.1) is 24.8 Å². The fourth-order valence-corrected chi connectivity index (χ4v) is 3.48. The molecule has 21 heavy (non-hydrogen) atoms. The predicted octanol–water partition coefficient (Wildman–Crippen LogP) is 2.49. The fraction of sp³-hybridized carbons (Fsp3) is 0.933. The summed E-state index contributed by atoms with van der Waals surface area (Å²) in [6.07, 6.45) is 5.87. The quantitative estimate of drug-likeness (QED) is 0.780. The van der Waals surface area contributed by atoms with E-state index in [2.05, 4.69) is 10.2 Å². The van der Waals surface area contributed by atoms with Gasteiger partial charge in [-0.1, -0.05) is 0 Å². The SMILES string of the molecule is CCOC(=O)CCN1CCCC(C2CCNCC2)C1.Cl.Cl. The molecule has 0 radical (unpaired) electrons. The molecule has 2 saturated heterocycles. The number of nitrogens with zero attached hydrogens (tertiary/aromatic N) is 1. The van der Waals surface area contributed by atoms with Crippen LogP contribution in [0.5, 0.6) is 0 Å². The topological polar surface area (TPSA) is 41.6 Å². The number of carbonyl (C=O) groups is 1. The standard InChI is InChI=1S/C15H28N2O2.2ClH/c1-2-19-15(18)7-11-17-10-3-4-14(12-17)13-5-8-16-9-6-13;;/h13-14,16H,2-12H2,1H3;2*1H. The Balaban J connectivity index is 0.00000200. The van der Waals surface area contributed by atoms with Crippen molar-refractivity contribution in [1.82, 2.24) is 10.2 Å². The molecule has 1 unspecified atom stereocenters. The fourth-order valence-electron chi connectivity index (χ4n) is 3.48. The molecule has 0 spiro atoms. The van der Waals surface area contributed by atoms with E-state index < -0.39 is 0 Å². The number of hydrogen-bond acceptors (Lipinski definition) is 4. The van der Waals surface area contributed by atoms with Gasteiger partial charge in [0.25, 0.3) is 0 Å². The first-order valence-electron chi connectivity index (χ1n) is 7.88. The van der Waals surface area contributed by atoms with Gasteiger partial charge in [-0.25, -0.2) is 0 Å². The van der Waals surface area contributed by atoms with Gasteiger partial charge in [0.1, 0.15) is 0 Å². The Kier molecular flexibility index (Phi) is 11.5. The van der Waals surface area contributed by atoms with E-state index in [4.69, 9.17) is 4.74 Å². The molecule has 0 aliphatic carbocycles. The van der Waals surface area contributed by atoms with Gasteiger partial charge in [-0.3, -0.25) is 4.79 Å². The third-order valence-electron chi connectivity index (χ3n) is 4.53. The zero-order valence-electron chi connectivity index (χ0n) is 13.0. The van der Waals surface area contributed by atoms with Crippen molar-refractivity contribution in [3.63, 3.8) is 0 Å². The lowest BCUT2D eigenvalue weighted by Crippen LogP contribution is -2.42. The Morgan fingerprint density at radius 2 is 1.90 bits per heavy atom. The van der Waals surface area contributed by atoms with Crippen molar-refractivity contribution in [3.8, 4) is 0 Å². The molecule has 2 rings (SSSR count). The summed E-state index contributed by atoms with van der Waals surface area (Å²) in [4.78, 5) is 13.9. The highest BCUT2D eigenvalue weighted by atomic mass is 35.5. The normalized spacial score (nSPS) is 23.8. The molecule has 0 amide bonds. The second-order valence-electron chi connectivity index (χ2n) is 5.85. The number of carbonyl (C=O) groups excluding carboxylic acids is 1. The van der Waals surface area contributed by atoms with Crippen molar-refractivity contribution >= 4 is 30.8 Å².